The summed E-state index contributed by atoms with van der Waals surface area (Å²) in [5, 5.41) is 0. The molecule has 0 N–H and O–H groups in total. The van der Waals surface area contributed by atoms with Crippen LogP contribution < -0.4 is 0 Å². The summed E-state index contributed by atoms with van der Waals surface area (Å²) in [5.74, 6) is 0. The van der Waals surface area contributed by atoms with Crippen LogP contribution >= 0.6 is 0 Å². The fourth-order valence-electron chi connectivity index (χ4n) is 1.41. The predicted molar refractivity (Wildman–Crippen MR) is 63.4 cm³/mol. The second-order valence-corrected chi connectivity index (χ2v) is 2.89. The van der Waals surface area contributed by atoms with Crippen LogP contribution in [-0.4, -0.2) is 13.2 Å². The molecule has 1 atom stereocenters. The standard InChI is InChI=1S/C11H16O.C2H6/c1-3-11(12-2)10-8-6-4-5-7-9-10;1-2/h4-8,11H,3,9H2,1-2H3;1-2H3. The Labute approximate surface area is 88.2 Å². The molecule has 1 aliphatic carbocycles. The van der Waals surface area contributed by atoms with Crippen LogP contribution in [-0.2, 0) is 4.74 Å². The molecule has 0 fully saturated rings. The van der Waals surface area contributed by atoms with Gasteiger partial charge in [-0.1, -0.05) is 51.2 Å². The van der Waals surface area contributed by atoms with Gasteiger partial charge in [-0.15, -0.1) is 0 Å². The lowest BCUT2D eigenvalue weighted by atomic mass is 10.0. The summed E-state index contributed by atoms with van der Waals surface area (Å²) in [6.45, 7) is 6.15. The van der Waals surface area contributed by atoms with Gasteiger partial charge in [0.15, 0.2) is 0 Å². The van der Waals surface area contributed by atoms with Crippen LogP contribution in [0.3, 0.4) is 0 Å². The summed E-state index contributed by atoms with van der Waals surface area (Å²) in [7, 11) is 1.77. The Kier molecular flexibility index (Phi) is 8.25. The molecule has 0 aromatic heterocycles. The van der Waals surface area contributed by atoms with Crippen LogP contribution in [0.15, 0.2) is 36.0 Å². The van der Waals surface area contributed by atoms with Gasteiger partial charge in [0.25, 0.3) is 0 Å². The highest BCUT2D eigenvalue weighted by atomic mass is 16.5. The lowest BCUT2D eigenvalue weighted by Gasteiger charge is -2.15. The highest BCUT2D eigenvalue weighted by molar-refractivity contribution is 5.25. The van der Waals surface area contributed by atoms with Crippen molar-refractivity contribution in [2.45, 2.75) is 39.7 Å². The summed E-state index contributed by atoms with van der Waals surface area (Å²) in [6, 6.07) is 0. The molecule has 0 amide bonds. The van der Waals surface area contributed by atoms with Gasteiger partial charge in [-0.2, -0.15) is 0 Å². The largest absolute Gasteiger partial charge is 0.377 e. The van der Waals surface area contributed by atoms with Crippen molar-refractivity contribution in [3.63, 3.8) is 0 Å². The number of ether oxygens (including phenoxy) is 1. The molecule has 0 heterocycles. The van der Waals surface area contributed by atoms with Crippen LogP contribution in [0.5, 0.6) is 0 Å². The van der Waals surface area contributed by atoms with Crippen LogP contribution in [0.4, 0.5) is 0 Å². The average Bonchev–Trinajstić information content (AvgIpc) is 2.52. The summed E-state index contributed by atoms with van der Waals surface area (Å²) < 4.78 is 5.36. The first kappa shape index (κ1) is 13.2. The van der Waals surface area contributed by atoms with Crippen molar-refractivity contribution >= 4 is 0 Å². The van der Waals surface area contributed by atoms with E-state index < -0.39 is 0 Å². The minimum atomic E-state index is 0.289. The molecule has 1 heteroatoms. The van der Waals surface area contributed by atoms with Crippen molar-refractivity contribution in [2.75, 3.05) is 7.11 Å². The number of allylic oxidation sites excluding steroid dienone is 5. The van der Waals surface area contributed by atoms with E-state index >= 15 is 0 Å². The van der Waals surface area contributed by atoms with Gasteiger partial charge >= 0.3 is 0 Å². The minimum absolute atomic E-state index is 0.289. The third-order valence-corrected chi connectivity index (χ3v) is 2.09. The van der Waals surface area contributed by atoms with E-state index in [1.165, 1.54) is 5.57 Å². The molecule has 1 nitrogen and oxygen atoms in total. The third-order valence-electron chi connectivity index (χ3n) is 2.09. The van der Waals surface area contributed by atoms with Gasteiger partial charge in [-0.25, -0.2) is 0 Å². The van der Waals surface area contributed by atoms with Gasteiger partial charge in [0.05, 0.1) is 6.10 Å². The molecule has 0 bridgehead atoms. The Morgan fingerprint density at radius 1 is 1.29 bits per heavy atom. The van der Waals surface area contributed by atoms with Gasteiger partial charge in [0.2, 0.25) is 0 Å². The first-order valence-corrected chi connectivity index (χ1v) is 5.43. The topological polar surface area (TPSA) is 9.23 Å². The molecule has 1 aliphatic rings. The first-order chi connectivity index (χ1) is 6.88. The zero-order valence-electron chi connectivity index (χ0n) is 9.79. The Bertz CT molecular complexity index is 207. The van der Waals surface area contributed by atoms with E-state index in [0.717, 1.165) is 12.8 Å². The molecule has 0 radical (unpaired) electrons. The third kappa shape index (κ3) is 4.43. The van der Waals surface area contributed by atoms with Crippen molar-refractivity contribution in [3.8, 4) is 0 Å². The highest BCUT2D eigenvalue weighted by Gasteiger charge is 2.09. The maximum absolute atomic E-state index is 5.36. The summed E-state index contributed by atoms with van der Waals surface area (Å²) in [4.78, 5) is 0. The Hall–Kier alpha value is -0.820. The van der Waals surface area contributed by atoms with E-state index in [2.05, 4.69) is 37.3 Å². The SMILES string of the molecule is CC.CCC(OC)C1=CC=CC=CC1. The molecule has 0 saturated heterocycles. The Morgan fingerprint density at radius 2 is 2.00 bits per heavy atom. The fraction of sp³-hybridized carbons (Fsp3) is 0.538. The van der Waals surface area contributed by atoms with E-state index in [1.807, 2.05) is 13.8 Å². The number of hydrogen-bond acceptors (Lipinski definition) is 1. The van der Waals surface area contributed by atoms with Crippen molar-refractivity contribution in [1.29, 1.82) is 0 Å². The predicted octanol–water partition coefficient (Wildman–Crippen LogP) is 3.88. The van der Waals surface area contributed by atoms with Crippen molar-refractivity contribution in [3.05, 3.63) is 36.0 Å². The Balaban J connectivity index is 0.000000791. The van der Waals surface area contributed by atoms with E-state index in [1.54, 1.807) is 7.11 Å². The molecule has 1 rings (SSSR count). The lowest BCUT2D eigenvalue weighted by molar-refractivity contribution is 0.127. The second kappa shape index (κ2) is 8.76. The quantitative estimate of drug-likeness (QED) is 0.662. The van der Waals surface area contributed by atoms with E-state index in [9.17, 15) is 0 Å². The zero-order chi connectivity index (χ0) is 10.8. The Morgan fingerprint density at radius 3 is 2.57 bits per heavy atom. The van der Waals surface area contributed by atoms with Gasteiger partial charge < -0.3 is 4.74 Å². The smallest absolute Gasteiger partial charge is 0.0784 e. The summed E-state index contributed by atoms with van der Waals surface area (Å²) >= 11 is 0. The van der Waals surface area contributed by atoms with Crippen molar-refractivity contribution in [2.24, 2.45) is 0 Å². The van der Waals surface area contributed by atoms with Crippen LogP contribution in [0.2, 0.25) is 0 Å². The van der Waals surface area contributed by atoms with Crippen LogP contribution in [0.25, 0.3) is 0 Å². The normalized spacial score (nSPS) is 16.4. The zero-order valence-corrected chi connectivity index (χ0v) is 9.79. The molecule has 80 valence electrons. The maximum atomic E-state index is 5.36. The minimum Gasteiger partial charge on any atom is -0.377 e. The molecular weight excluding hydrogens is 172 g/mol. The summed E-state index contributed by atoms with van der Waals surface area (Å²) in [5.41, 5.74) is 1.37. The lowest BCUT2D eigenvalue weighted by Crippen LogP contribution is -2.11. The van der Waals surface area contributed by atoms with Gasteiger partial charge in [0.1, 0.15) is 0 Å². The molecule has 0 aromatic rings. The first-order valence-electron chi connectivity index (χ1n) is 5.43. The van der Waals surface area contributed by atoms with E-state index in [0.29, 0.717) is 0 Å². The average molecular weight is 194 g/mol. The maximum Gasteiger partial charge on any atom is 0.0784 e. The van der Waals surface area contributed by atoms with E-state index in [-0.39, 0.29) is 6.10 Å². The fourth-order valence-corrected chi connectivity index (χ4v) is 1.41. The number of hydrogen-bond donors (Lipinski definition) is 0. The summed E-state index contributed by atoms with van der Waals surface area (Å²) in [6.07, 6.45) is 12.9. The van der Waals surface area contributed by atoms with Gasteiger partial charge in [0, 0.05) is 7.11 Å². The molecule has 0 saturated carbocycles. The second-order valence-electron chi connectivity index (χ2n) is 2.89. The van der Waals surface area contributed by atoms with E-state index in [4.69, 9.17) is 4.74 Å². The molecular formula is C13H22O. The number of methoxy groups -OCH3 is 1. The molecule has 0 spiro atoms. The van der Waals surface area contributed by atoms with Crippen molar-refractivity contribution < 1.29 is 4.74 Å². The molecule has 14 heavy (non-hydrogen) atoms. The van der Waals surface area contributed by atoms with Crippen LogP contribution in [0, 0.1) is 0 Å². The van der Waals surface area contributed by atoms with Gasteiger partial charge in [-0.3, -0.25) is 0 Å². The van der Waals surface area contributed by atoms with Crippen LogP contribution in [0.1, 0.15) is 33.6 Å². The highest BCUT2D eigenvalue weighted by Crippen LogP contribution is 2.16. The molecule has 0 aliphatic heterocycles. The number of rotatable bonds is 3. The van der Waals surface area contributed by atoms with Crippen molar-refractivity contribution in [1.82, 2.24) is 0 Å². The monoisotopic (exact) mass is 194 g/mol. The molecule has 0 aromatic carbocycles. The molecule has 1 unspecified atom stereocenters. The van der Waals surface area contributed by atoms with Gasteiger partial charge in [-0.05, 0) is 18.4 Å².